The molecule has 0 spiro atoms. The lowest BCUT2D eigenvalue weighted by Gasteiger charge is -1.87. The van der Waals surface area contributed by atoms with Crippen LogP contribution in [0.15, 0.2) is 24.3 Å². The Morgan fingerprint density at radius 1 is 1.40 bits per heavy atom. The Morgan fingerprint density at radius 2 is 2.00 bits per heavy atom. The summed E-state index contributed by atoms with van der Waals surface area (Å²) >= 11 is 0. The van der Waals surface area contributed by atoms with Crippen LogP contribution in [0.25, 0.3) is 0 Å². The predicted molar refractivity (Wildman–Crippen MR) is 38.3 cm³/mol. The van der Waals surface area contributed by atoms with Gasteiger partial charge in [-0.3, -0.25) is 0 Å². The van der Waals surface area contributed by atoms with Crippen LogP contribution in [0.3, 0.4) is 0 Å². The highest BCUT2D eigenvalue weighted by Crippen LogP contribution is 1.99. The van der Waals surface area contributed by atoms with Gasteiger partial charge in [0.25, 0.3) is 0 Å². The Hall–Kier alpha value is -1.18. The molecule has 0 saturated heterocycles. The number of carbonyl (C=O) groups is 1. The normalized spacial score (nSPS) is 7.80. The van der Waals surface area contributed by atoms with Gasteiger partial charge in [-0.25, -0.2) is 4.39 Å². The molecule has 0 aliphatic heterocycles. The van der Waals surface area contributed by atoms with Gasteiger partial charge in [-0.05, 0) is 24.6 Å². The molecule has 0 unspecified atom stereocenters. The van der Waals surface area contributed by atoms with Crippen molar-refractivity contribution < 1.29 is 9.18 Å². The smallest absolute Gasteiger partial charge is 0.123 e. The van der Waals surface area contributed by atoms with Gasteiger partial charge in [0.1, 0.15) is 12.6 Å². The molecule has 0 fully saturated rings. The van der Waals surface area contributed by atoms with Crippen molar-refractivity contribution in [3.8, 4) is 0 Å². The van der Waals surface area contributed by atoms with Crippen molar-refractivity contribution in [3.05, 3.63) is 35.6 Å². The average Bonchev–Trinajstić information content (AvgIpc) is 1.91. The highest BCUT2D eigenvalue weighted by molar-refractivity contribution is 5.13. The molecule has 0 N–H and O–H groups in total. The third kappa shape index (κ3) is 2.97. The third-order valence-electron chi connectivity index (χ3n) is 0.980. The SMILES string of the molecule is C=O.Cc1cccc(F)c1. The molecule has 54 valence electrons. The first kappa shape index (κ1) is 8.82. The van der Waals surface area contributed by atoms with Gasteiger partial charge in [-0.1, -0.05) is 12.1 Å². The molecule has 0 heterocycles. The van der Waals surface area contributed by atoms with Gasteiger partial charge < -0.3 is 4.79 Å². The summed E-state index contributed by atoms with van der Waals surface area (Å²) in [5, 5.41) is 0. The summed E-state index contributed by atoms with van der Waals surface area (Å²) in [6.45, 7) is 3.86. The zero-order valence-electron chi connectivity index (χ0n) is 5.80. The summed E-state index contributed by atoms with van der Waals surface area (Å²) in [6.07, 6.45) is 0. The van der Waals surface area contributed by atoms with Crippen LogP contribution < -0.4 is 0 Å². The van der Waals surface area contributed by atoms with Crippen molar-refractivity contribution in [2.45, 2.75) is 6.92 Å². The van der Waals surface area contributed by atoms with E-state index in [9.17, 15) is 4.39 Å². The second kappa shape index (κ2) is 4.68. The van der Waals surface area contributed by atoms with E-state index < -0.39 is 0 Å². The van der Waals surface area contributed by atoms with Crippen molar-refractivity contribution in [1.29, 1.82) is 0 Å². The molecule has 1 aromatic carbocycles. The molecule has 10 heavy (non-hydrogen) atoms. The van der Waals surface area contributed by atoms with Crippen molar-refractivity contribution in [2.75, 3.05) is 0 Å². The monoisotopic (exact) mass is 140 g/mol. The van der Waals surface area contributed by atoms with Crippen LogP contribution in [-0.2, 0) is 4.79 Å². The molecule has 0 amide bonds. The quantitative estimate of drug-likeness (QED) is 0.538. The van der Waals surface area contributed by atoms with Crippen LogP contribution in [0.1, 0.15) is 5.56 Å². The summed E-state index contributed by atoms with van der Waals surface area (Å²) in [7, 11) is 0. The van der Waals surface area contributed by atoms with E-state index in [2.05, 4.69) is 0 Å². The molecule has 0 bridgehead atoms. The standard InChI is InChI=1S/C7H7F.CH2O/c1-6-3-2-4-7(8)5-6;1-2/h2-5H,1H3;1H2. The van der Waals surface area contributed by atoms with Crippen LogP contribution >= 0.6 is 0 Å². The third-order valence-corrected chi connectivity index (χ3v) is 0.980. The number of carbonyl (C=O) groups excluding carboxylic acids is 1. The highest BCUT2D eigenvalue weighted by Gasteiger charge is 1.84. The van der Waals surface area contributed by atoms with Gasteiger partial charge in [-0.2, -0.15) is 0 Å². The van der Waals surface area contributed by atoms with Crippen LogP contribution in [0.4, 0.5) is 4.39 Å². The molecule has 1 rings (SSSR count). The van der Waals surface area contributed by atoms with Gasteiger partial charge in [-0.15, -0.1) is 0 Å². The van der Waals surface area contributed by atoms with Crippen LogP contribution in [0, 0.1) is 12.7 Å². The van der Waals surface area contributed by atoms with E-state index in [1.807, 2.05) is 19.8 Å². The molecule has 0 atom stereocenters. The van der Waals surface area contributed by atoms with Crippen LogP contribution in [0.5, 0.6) is 0 Å². The number of hydrogen-bond acceptors (Lipinski definition) is 1. The highest BCUT2D eigenvalue weighted by atomic mass is 19.1. The summed E-state index contributed by atoms with van der Waals surface area (Å²) in [6, 6.07) is 6.50. The summed E-state index contributed by atoms with van der Waals surface area (Å²) < 4.78 is 12.2. The number of aryl methyl sites for hydroxylation is 1. The van der Waals surface area contributed by atoms with Gasteiger partial charge >= 0.3 is 0 Å². The summed E-state index contributed by atoms with van der Waals surface area (Å²) in [5.74, 6) is -0.162. The minimum absolute atomic E-state index is 0.162. The van der Waals surface area contributed by atoms with E-state index >= 15 is 0 Å². The lowest BCUT2D eigenvalue weighted by atomic mass is 10.2. The largest absolute Gasteiger partial charge is 0.307 e. The topological polar surface area (TPSA) is 17.1 Å². The fourth-order valence-electron chi connectivity index (χ4n) is 0.606. The number of benzene rings is 1. The maximum absolute atomic E-state index is 12.2. The lowest BCUT2D eigenvalue weighted by molar-refractivity contribution is -0.0979. The van der Waals surface area contributed by atoms with Crippen LogP contribution in [0.2, 0.25) is 0 Å². The molecule has 0 radical (unpaired) electrons. The van der Waals surface area contributed by atoms with E-state index in [-0.39, 0.29) is 5.82 Å². The van der Waals surface area contributed by atoms with E-state index in [0.29, 0.717) is 0 Å². The maximum Gasteiger partial charge on any atom is 0.123 e. The predicted octanol–water partition coefficient (Wildman–Crippen LogP) is 1.95. The van der Waals surface area contributed by atoms with E-state index in [0.717, 1.165) is 5.56 Å². The molecule has 0 saturated carbocycles. The van der Waals surface area contributed by atoms with Gasteiger partial charge in [0.2, 0.25) is 0 Å². The second-order valence-electron chi connectivity index (χ2n) is 1.80. The zero-order chi connectivity index (χ0) is 7.98. The maximum atomic E-state index is 12.2. The summed E-state index contributed by atoms with van der Waals surface area (Å²) in [5.41, 5.74) is 0.963. The minimum atomic E-state index is -0.162. The molecule has 1 nitrogen and oxygen atoms in total. The Morgan fingerprint density at radius 3 is 2.30 bits per heavy atom. The average molecular weight is 140 g/mol. The minimum Gasteiger partial charge on any atom is -0.307 e. The molecule has 1 aromatic rings. The molecular formula is C8H9FO. The van der Waals surface area contributed by atoms with E-state index in [4.69, 9.17) is 4.79 Å². The Balaban J connectivity index is 0.000000371. The molecular weight excluding hydrogens is 131 g/mol. The van der Waals surface area contributed by atoms with Crippen molar-refractivity contribution in [3.63, 3.8) is 0 Å². The lowest BCUT2D eigenvalue weighted by Crippen LogP contribution is -1.72. The zero-order valence-corrected chi connectivity index (χ0v) is 5.80. The Kier molecular flexibility index (Phi) is 4.12. The number of rotatable bonds is 0. The summed E-state index contributed by atoms with van der Waals surface area (Å²) in [4.78, 5) is 8.00. The van der Waals surface area contributed by atoms with E-state index in [1.165, 1.54) is 12.1 Å². The first-order valence-corrected chi connectivity index (χ1v) is 2.80. The molecule has 0 aromatic heterocycles. The fraction of sp³-hybridized carbons (Fsp3) is 0.125. The van der Waals surface area contributed by atoms with Gasteiger partial charge in [0.05, 0.1) is 0 Å². The molecule has 0 aliphatic rings. The second-order valence-corrected chi connectivity index (χ2v) is 1.80. The van der Waals surface area contributed by atoms with Crippen LogP contribution in [-0.4, -0.2) is 6.79 Å². The molecule has 0 aliphatic carbocycles. The Bertz CT molecular complexity index is 181. The Labute approximate surface area is 59.5 Å². The van der Waals surface area contributed by atoms with Gasteiger partial charge in [0.15, 0.2) is 0 Å². The van der Waals surface area contributed by atoms with Crippen molar-refractivity contribution in [2.24, 2.45) is 0 Å². The molecule has 2 heteroatoms. The first-order valence-electron chi connectivity index (χ1n) is 2.80. The van der Waals surface area contributed by atoms with Gasteiger partial charge in [0, 0.05) is 0 Å². The van der Waals surface area contributed by atoms with Crippen molar-refractivity contribution >= 4 is 6.79 Å². The fourth-order valence-corrected chi connectivity index (χ4v) is 0.606. The number of halogens is 1. The van der Waals surface area contributed by atoms with Crippen molar-refractivity contribution in [1.82, 2.24) is 0 Å². The first-order chi connectivity index (χ1) is 4.79. The van der Waals surface area contributed by atoms with E-state index in [1.54, 1.807) is 6.07 Å². The number of hydrogen-bond donors (Lipinski definition) is 0.